The van der Waals surface area contributed by atoms with Crippen molar-refractivity contribution >= 4 is 23.4 Å². The van der Waals surface area contributed by atoms with E-state index in [2.05, 4.69) is 0 Å². The van der Waals surface area contributed by atoms with Gasteiger partial charge in [0.2, 0.25) is 5.78 Å². The molecule has 2 aromatic rings. The molecular formula is C23H23NO6. The van der Waals surface area contributed by atoms with Crippen LogP contribution in [0, 0.1) is 5.92 Å². The fourth-order valence-corrected chi connectivity index (χ4v) is 3.76. The van der Waals surface area contributed by atoms with E-state index in [1.54, 1.807) is 31.4 Å². The molecule has 3 rings (SSSR count). The molecule has 0 bridgehead atoms. The molecular weight excluding hydrogens is 386 g/mol. The lowest BCUT2D eigenvalue weighted by molar-refractivity contribution is -0.142. The summed E-state index contributed by atoms with van der Waals surface area (Å²) in [6, 6.07) is 13.2. The van der Waals surface area contributed by atoms with Crippen molar-refractivity contribution in [3.05, 3.63) is 65.2 Å². The monoisotopic (exact) mass is 409 g/mol. The van der Waals surface area contributed by atoms with Gasteiger partial charge < -0.3 is 14.4 Å². The molecule has 0 aliphatic carbocycles. The minimum absolute atomic E-state index is 0.269. The van der Waals surface area contributed by atoms with E-state index in [1.807, 2.05) is 24.3 Å². The third-order valence-electron chi connectivity index (χ3n) is 5.29. The van der Waals surface area contributed by atoms with Gasteiger partial charge in [-0.25, -0.2) is 4.79 Å². The molecule has 0 spiro atoms. The smallest absolute Gasteiger partial charge is 0.337 e. The zero-order chi connectivity index (χ0) is 21.8. The van der Waals surface area contributed by atoms with Crippen molar-refractivity contribution in [2.24, 2.45) is 5.92 Å². The third-order valence-corrected chi connectivity index (χ3v) is 5.29. The summed E-state index contributed by atoms with van der Waals surface area (Å²) < 4.78 is 9.93. The summed E-state index contributed by atoms with van der Waals surface area (Å²) in [4.78, 5) is 50.6. The first-order valence-electron chi connectivity index (χ1n) is 9.53. The quantitative estimate of drug-likeness (QED) is 0.396. The number of amides is 1. The SMILES string of the molecule is COC(=O)c1ccc(C2C(C(C)=O)C(=O)C(=O)N2CCc2cccc(OC)c2)cc1. The van der Waals surface area contributed by atoms with Gasteiger partial charge >= 0.3 is 5.97 Å². The molecule has 0 N–H and O–H groups in total. The number of rotatable bonds is 7. The average Bonchev–Trinajstić information content (AvgIpc) is 3.02. The molecule has 1 fully saturated rings. The molecule has 30 heavy (non-hydrogen) atoms. The van der Waals surface area contributed by atoms with E-state index in [0.29, 0.717) is 23.3 Å². The Balaban J connectivity index is 1.90. The zero-order valence-electron chi connectivity index (χ0n) is 17.1. The van der Waals surface area contributed by atoms with Crippen molar-refractivity contribution in [3.63, 3.8) is 0 Å². The van der Waals surface area contributed by atoms with Crippen LogP contribution in [0.15, 0.2) is 48.5 Å². The van der Waals surface area contributed by atoms with E-state index in [9.17, 15) is 19.2 Å². The van der Waals surface area contributed by atoms with Crippen LogP contribution in [-0.2, 0) is 25.5 Å². The summed E-state index contributed by atoms with van der Waals surface area (Å²) in [6.07, 6.45) is 0.498. The predicted octanol–water partition coefficient (Wildman–Crippen LogP) is 2.38. The summed E-state index contributed by atoms with van der Waals surface area (Å²) in [5.74, 6) is -2.58. The molecule has 156 valence electrons. The number of benzene rings is 2. The van der Waals surface area contributed by atoms with E-state index >= 15 is 0 Å². The molecule has 1 saturated heterocycles. The Morgan fingerprint density at radius 2 is 1.73 bits per heavy atom. The highest BCUT2D eigenvalue weighted by Crippen LogP contribution is 2.37. The van der Waals surface area contributed by atoms with Crippen LogP contribution < -0.4 is 4.74 Å². The maximum atomic E-state index is 12.7. The number of Topliss-reactive ketones (excluding diaryl/α,β-unsaturated/α-hetero) is 2. The molecule has 1 aliphatic rings. The van der Waals surface area contributed by atoms with E-state index in [-0.39, 0.29) is 12.3 Å². The van der Waals surface area contributed by atoms with Gasteiger partial charge in [0.05, 0.1) is 25.8 Å². The maximum Gasteiger partial charge on any atom is 0.337 e. The Hall–Kier alpha value is -3.48. The van der Waals surface area contributed by atoms with Crippen LogP contribution in [0.1, 0.15) is 34.5 Å². The highest BCUT2D eigenvalue weighted by Gasteiger charge is 2.49. The first-order valence-corrected chi connectivity index (χ1v) is 9.53. The first kappa shape index (κ1) is 21.2. The average molecular weight is 409 g/mol. The number of carbonyl (C=O) groups excluding carboxylic acids is 4. The molecule has 0 radical (unpaired) electrons. The summed E-state index contributed by atoms with van der Waals surface area (Å²) in [5, 5.41) is 0. The zero-order valence-corrected chi connectivity index (χ0v) is 17.1. The number of nitrogens with zero attached hydrogens (tertiary/aromatic N) is 1. The van der Waals surface area contributed by atoms with Gasteiger partial charge in [-0.3, -0.25) is 14.4 Å². The Morgan fingerprint density at radius 3 is 2.33 bits per heavy atom. The van der Waals surface area contributed by atoms with Crippen LogP contribution in [-0.4, -0.2) is 49.1 Å². The molecule has 2 unspecified atom stereocenters. The fourth-order valence-electron chi connectivity index (χ4n) is 3.76. The van der Waals surface area contributed by atoms with Crippen molar-refractivity contribution in [3.8, 4) is 5.75 Å². The highest BCUT2D eigenvalue weighted by atomic mass is 16.5. The number of methoxy groups -OCH3 is 2. The van der Waals surface area contributed by atoms with Gasteiger partial charge in [0.25, 0.3) is 5.91 Å². The summed E-state index contributed by atoms with van der Waals surface area (Å²) in [7, 11) is 2.86. The predicted molar refractivity (Wildman–Crippen MR) is 108 cm³/mol. The Bertz CT molecular complexity index is 981. The number of ether oxygens (including phenoxy) is 2. The van der Waals surface area contributed by atoms with Gasteiger partial charge in [0.1, 0.15) is 17.5 Å². The van der Waals surface area contributed by atoms with Crippen LogP contribution in [0.25, 0.3) is 0 Å². The largest absolute Gasteiger partial charge is 0.497 e. The van der Waals surface area contributed by atoms with Crippen LogP contribution in [0.4, 0.5) is 0 Å². The normalized spacial score (nSPS) is 18.4. The van der Waals surface area contributed by atoms with Gasteiger partial charge in [0, 0.05) is 6.54 Å². The number of esters is 1. The van der Waals surface area contributed by atoms with Crippen molar-refractivity contribution in [1.82, 2.24) is 4.90 Å². The minimum atomic E-state index is -1.06. The molecule has 7 heteroatoms. The number of carbonyl (C=O) groups is 4. The molecule has 2 aromatic carbocycles. The van der Waals surface area contributed by atoms with Crippen LogP contribution in [0.2, 0.25) is 0 Å². The Morgan fingerprint density at radius 1 is 1.03 bits per heavy atom. The second-order valence-corrected chi connectivity index (χ2v) is 7.11. The lowest BCUT2D eigenvalue weighted by atomic mass is 9.89. The molecule has 2 atom stereocenters. The molecule has 7 nitrogen and oxygen atoms in total. The van der Waals surface area contributed by atoms with E-state index in [0.717, 1.165) is 5.56 Å². The minimum Gasteiger partial charge on any atom is -0.497 e. The molecule has 0 aromatic heterocycles. The number of likely N-dealkylation sites (tertiary alicyclic amines) is 1. The number of hydrogen-bond donors (Lipinski definition) is 0. The lowest BCUT2D eigenvalue weighted by Gasteiger charge is -2.27. The van der Waals surface area contributed by atoms with Gasteiger partial charge in [-0.15, -0.1) is 0 Å². The van der Waals surface area contributed by atoms with Crippen molar-refractivity contribution in [2.45, 2.75) is 19.4 Å². The van der Waals surface area contributed by atoms with Crippen molar-refractivity contribution in [2.75, 3.05) is 20.8 Å². The summed E-state index contributed by atoms with van der Waals surface area (Å²) >= 11 is 0. The number of hydrogen-bond acceptors (Lipinski definition) is 6. The standard InChI is InChI=1S/C23H23NO6/c1-14(25)19-20(16-7-9-17(10-8-16)23(28)30-3)24(22(27)21(19)26)12-11-15-5-4-6-18(13-15)29-2/h4-10,13,19-20H,11-12H2,1-3H3. The lowest BCUT2D eigenvalue weighted by Crippen LogP contribution is -2.32. The third kappa shape index (κ3) is 4.10. The Kier molecular flexibility index (Phi) is 6.30. The molecule has 0 saturated carbocycles. The van der Waals surface area contributed by atoms with Gasteiger partial charge in [-0.1, -0.05) is 24.3 Å². The van der Waals surface area contributed by atoms with Gasteiger partial charge in [-0.05, 0) is 48.7 Å². The maximum absolute atomic E-state index is 12.7. The molecule has 1 heterocycles. The topological polar surface area (TPSA) is 90.0 Å². The van der Waals surface area contributed by atoms with E-state index < -0.39 is 29.6 Å². The van der Waals surface area contributed by atoms with Crippen LogP contribution in [0.3, 0.4) is 0 Å². The molecule has 1 aliphatic heterocycles. The highest BCUT2D eigenvalue weighted by molar-refractivity contribution is 6.42. The fraction of sp³-hybridized carbons (Fsp3) is 0.304. The van der Waals surface area contributed by atoms with E-state index in [4.69, 9.17) is 9.47 Å². The first-order chi connectivity index (χ1) is 14.4. The van der Waals surface area contributed by atoms with Crippen LogP contribution >= 0.6 is 0 Å². The van der Waals surface area contributed by atoms with Gasteiger partial charge in [0.15, 0.2) is 0 Å². The molecule has 1 amide bonds. The number of ketones is 2. The Labute approximate surface area is 174 Å². The summed E-state index contributed by atoms with van der Waals surface area (Å²) in [6.45, 7) is 1.59. The summed E-state index contributed by atoms with van der Waals surface area (Å²) in [5.41, 5.74) is 1.91. The van der Waals surface area contributed by atoms with Crippen molar-refractivity contribution in [1.29, 1.82) is 0 Å². The second kappa shape index (κ2) is 8.90. The van der Waals surface area contributed by atoms with Crippen LogP contribution in [0.5, 0.6) is 5.75 Å². The van der Waals surface area contributed by atoms with Gasteiger partial charge in [-0.2, -0.15) is 0 Å². The second-order valence-electron chi connectivity index (χ2n) is 7.11. The van der Waals surface area contributed by atoms with Crippen molar-refractivity contribution < 1.29 is 28.7 Å². The van der Waals surface area contributed by atoms with E-state index in [1.165, 1.54) is 18.9 Å².